The summed E-state index contributed by atoms with van der Waals surface area (Å²) in [5.74, 6) is 0. The van der Waals surface area contributed by atoms with E-state index in [1.165, 1.54) is 50.1 Å². The quantitative estimate of drug-likeness (QED) is 0.492. The molecular weight excluding hydrogens is 260 g/mol. The van der Waals surface area contributed by atoms with Crippen LogP contribution in [0.2, 0.25) is 13.1 Å². The van der Waals surface area contributed by atoms with Crippen molar-refractivity contribution in [1.29, 1.82) is 0 Å². The maximum absolute atomic E-state index is 10.5. The van der Waals surface area contributed by atoms with Crippen molar-refractivity contribution in [1.82, 2.24) is 0 Å². The third kappa shape index (κ3) is 5.80. The summed E-state index contributed by atoms with van der Waals surface area (Å²) >= 11 is 0. The molecule has 0 bridgehead atoms. The van der Waals surface area contributed by atoms with Crippen LogP contribution in [-0.2, 0) is 0 Å². The summed E-state index contributed by atoms with van der Waals surface area (Å²) < 4.78 is 0. The van der Waals surface area contributed by atoms with Crippen molar-refractivity contribution in [3.05, 3.63) is 30.3 Å². The molecule has 0 amide bonds. The van der Waals surface area contributed by atoms with E-state index in [0.717, 1.165) is 6.42 Å². The molecule has 1 nitrogen and oxygen atoms in total. The maximum Gasteiger partial charge on any atom is 0.113 e. The Morgan fingerprint density at radius 1 is 0.900 bits per heavy atom. The van der Waals surface area contributed by atoms with Gasteiger partial charge in [-0.3, -0.25) is 0 Å². The number of aliphatic hydroxyl groups excluding tert-OH is 1. The minimum Gasteiger partial charge on any atom is -0.396 e. The van der Waals surface area contributed by atoms with Crippen molar-refractivity contribution >= 4 is 13.3 Å². The van der Waals surface area contributed by atoms with Crippen molar-refractivity contribution < 1.29 is 5.11 Å². The highest BCUT2D eigenvalue weighted by Gasteiger charge is 2.31. The molecule has 0 fully saturated rings. The highest BCUT2D eigenvalue weighted by atomic mass is 28.3. The van der Waals surface area contributed by atoms with Crippen LogP contribution in [0.3, 0.4) is 0 Å². The zero-order chi connectivity index (χ0) is 14.8. The summed E-state index contributed by atoms with van der Waals surface area (Å²) in [7, 11) is -1.71. The van der Waals surface area contributed by atoms with Crippen LogP contribution in [0.5, 0.6) is 0 Å². The fourth-order valence-electron chi connectivity index (χ4n) is 2.72. The van der Waals surface area contributed by atoms with Gasteiger partial charge < -0.3 is 5.11 Å². The first kappa shape index (κ1) is 17.4. The van der Waals surface area contributed by atoms with E-state index in [0.29, 0.717) is 0 Å². The number of hydrogen-bond donors (Lipinski definition) is 1. The molecule has 1 atom stereocenters. The van der Waals surface area contributed by atoms with E-state index >= 15 is 0 Å². The fourth-order valence-corrected chi connectivity index (χ4v) is 5.08. The Morgan fingerprint density at radius 2 is 1.45 bits per heavy atom. The normalized spacial score (nSPS) is 13.4. The predicted molar refractivity (Wildman–Crippen MR) is 92.2 cm³/mol. The lowest BCUT2D eigenvalue weighted by molar-refractivity contribution is 0.229. The van der Waals surface area contributed by atoms with E-state index in [4.69, 9.17) is 0 Å². The van der Waals surface area contributed by atoms with Gasteiger partial charge in [-0.15, -0.1) is 0 Å². The Hall–Kier alpha value is -0.603. The standard InChI is InChI=1S/C18H32OSi/c1-4-5-6-7-8-9-13-16-18(19)20(2,3)17-14-11-10-12-15-17/h10-12,14-15,18-19H,4-9,13,16H2,1-3H3. The van der Waals surface area contributed by atoms with Crippen molar-refractivity contribution in [3.63, 3.8) is 0 Å². The fraction of sp³-hybridized carbons (Fsp3) is 0.667. The van der Waals surface area contributed by atoms with Gasteiger partial charge in [0.05, 0.1) is 0 Å². The van der Waals surface area contributed by atoms with Crippen LogP contribution in [0.1, 0.15) is 58.3 Å². The largest absolute Gasteiger partial charge is 0.396 e. The van der Waals surface area contributed by atoms with Gasteiger partial charge in [-0.1, -0.05) is 100 Å². The van der Waals surface area contributed by atoms with E-state index in [2.05, 4.69) is 50.3 Å². The second-order valence-electron chi connectivity index (χ2n) is 6.51. The number of aliphatic hydroxyl groups is 1. The molecule has 1 aromatic carbocycles. The van der Waals surface area contributed by atoms with Crippen molar-refractivity contribution in [2.75, 3.05) is 0 Å². The molecule has 0 heterocycles. The van der Waals surface area contributed by atoms with E-state index in [1.807, 2.05) is 0 Å². The predicted octanol–water partition coefficient (Wildman–Crippen LogP) is 4.64. The first-order valence-corrected chi connectivity index (χ1v) is 11.4. The smallest absolute Gasteiger partial charge is 0.113 e. The Kier molecular flexibility index (Phi) is 8.16. The second kappa shape index (κ2) is 9.35. The van der Waals surface area contributed by atoms with Gasteiger partial charge >= 0.3 is 0 Å². The summed E-state index contributed by atoms with van der Waals surface area (Å²) in [4.78, 5) is 0. The van der Waals surface area contributed by atoms with Crippen LogP contribution in [0.25, 0.3) is 0 Å². The highest BCUT2D eigenvalue weighted by Crippen LogP contribution is 2.16. The van der Waals surface area contributed by atoms with Gasteiger partial charge in [0.15, 0.2) is 0 Å². The van der Waals surface area contributed by atoms with Gasteiger partial charge in [0.1, 0.15) is 8.07 Å². The molecule has 1 N–H and O–H groups in total. The molecule has 0 aliphatic heterocycles. The summed E-state index contributed by atoms with van der Waals surface area (Å²) in [5.41, 5.74) is -0.111. The van der Waals surface area contributed by atoms with Gasteiger partial charge in [0.25, 0.3) is 0 Å². The summed E-state index contributed by atoms with van der Waals surface area (Å²) in [6.45, 7) is 6.83. The molecular formula is C18H32OSi. The Labute approximate surface area is 126 Å². The Morgan fingerprint density at radius 3 is 2.05 bits per heavy atom. The van der Waals surface area contributed by atoms with Gasteiger partial charge in [0.2, 0.25) is 0 Å². The van der Waals surface area contributed by atoms with Crippen LogP contribution in [0.4, 0.5) is 0 Å². The van der Waals surface area contributed by atoms with Gasteiger partial charge in [-0.2, -0.15) is 0 Å². The minimum atomic E-state index is -1.71. The Balaban J connectivity index is 2.26. The average molecular weight is 293 g/mol. The van der Waals surface area contributed by atoms with Crippen LogP contribution in [0.15, 0.2) is 30.3 Å². The molecule has 114 valence electrons. The number of rotatable bonds is 10. The minimum absolute atomic E-state index is 0.111. The van der Waals surface area contributed by atoms with E-state index in [-0.39, 0.29) is 5.73 Å². The zero-order valence-electron chi connectivity index (χ0n) is 13.6. The molecule has 20 heavy (non-hydrogen) atoms. The van der Waals surface area contributed by atoms with Gasteiger partial charge in [-0.25, -0.2) is 0 Å². The third-order valence-electron chi connectivity index (χ3n) is 4.43. The third-order valence-corrected chi connectivity index (χ3v) is 8.21. The number of benzene rings is 1. The van der Waals surface area contributed by atoms with E-state index in [9.17, 15) is 5.11 Å². The van der Waals surface area contributed by atoms with Crippen LogP contribution in [0, 0.1) is 0 Å². The maximum atomic E-state index is 10.5. The first-order valence-electron chi connectivity index (χ1n) is 8.32. The molecule has 0 aliphatic rings. The molecule has 0 aliphatic carbocycles. The van der Waals surface area contributed by atoms with Crippen molar-refractivity contribution in [2.45, 2.75) is 77.1 Å². The molecule has 0 spiro atoms. The number of hydrogen-bond acceptors (Lipinski definition) is 1. The topological polar surface area (TPSA) is 20.2 Å². The molecule has 1 aromatic rings. The van der Waals surface area contributed by atoms with Crippen LogP contribution in [-0.4, -0.2) is 18.9 Å². The van der Waals surface area contributed by atoms with Crippen molar-refractivity contribution in [2.24, 2.45) is 0 Å². The van der Waals surface area contributed by atoms with Gasteiger partial charge in [0, 0.05) is 5.73 Å². The lowest BCUT2D eigenvalue weighted by Crippen LogP contribution is -2.52. The van der Waals surface area contributed by atoms with E-state index in [1.54, 1.807) is 0 Å². The molecule has 1 rings (SSSR count). The van der Waals surface area contributed by atoms with Gasteiger partial charge in [-0.05, 0) is 6.42 Å². The second-order valence-corrected chi connectivity index (χ2v) is 11.2. The summed E-state index contributed by atoms with van der Waals surface area (Å²) in [6, 6.07) is 10.6. The van der Waals surface area contributed by atoms with Crippen molar-refractivity contribution in [3.8, 4) is 0 Å². The first-order chi connectivity index (χ1) is 9.59. The highest BCUT2D eigenvalue weighted by molar-refractivity contribution is 6.90. The monoisotopic (exact) mass is 292 g/mol. The summed E-state index contributed by atoms with van der Waals surface area (Å²) in [5, 5.41) is 11.9. The molecule has 0 aromatic heterocycles. The SMILES string of the molecule is CCCCCCCCCC(O)[Si](C)(C)c1ccccc1. The molecule has 0 radical (unpaired) electrons. The number of unbranched alkanes of at least 4 members (excludes halogenated alkanes) is 6. The van der Waals surface area contributed by atoms with Crippen LogP contribution >= 0.6 is 0 Å². The molecule has 0 saturated carbocycles. The lowest BCUT2D eigenvalue weighted by Gasteiger charge is -2.29. The Bertz CT molecular complexity index is 348. The lowest BCUT2D eigenvalue weighted by atomic mass is 10.1. The van der Waals surface area contributed by atoms with E-state index < -0.39 is 8.07 Å². The molecule has 0 saturated heterocycles. The summed E-state index contributed by atoms with van der Waals surface area (Å²) in [6.07, 6.45) is 10.2. The average Bonchev–Trinajstić information content (AvgIpc) is 2.47. The molecule has 2 heteroatoms. The van der Waals surface area contributed by atoms with Crippen LogP contribution < -0.4 is 5.19 Å². The zero-order valence-corrected chi connectivity index (χ0v) is 14.6. The molecule has 1 unspecified atom stereocenters.